The number of amides is 4. The number of benzene rings is 2. The molecule has 2 aliphatic rings. The lowest BCUT2D eigenvalue weighted by Crippen LogP contribution is -2.48. The fraction of sp³-hybridized carbons (Fsp3) is 0.182. The maximum Gasteiger partial charge on any atom is 0.325 e. The third-order valence-corrected chi connectivity index (χ3v) is 5.47. The monoisotopic (exact) mass is 402 g/mol. The van der Waals surface area contributed by atoms with Gasteiger partial charge in [-0.25, -0.2) is 4.79 Å². The van der Waals surface area contributed by atoms with Crippen molar-refractivity contribution in [1.29, 1.82) is 0 Å². The van der Waals surface area contributed by atoms with Crippen molar-refractivity contribution in [3.8, 4) is 5.75 Å². The molecule has 0 saturated carbocycles. The van der Waals surface area contributed by atoms with Crippen LogP contribution in [0.2, 0.25) is 0 Å². The molecule has 1 saturated heterocycles. The van der Waals surface area contributed by atoms with Gasteiger partial charge in [-0.3, -0.25) is 19.5 Å². The van der Waals surface area contributed by atoms with E-state index in [1.165, 1.54) is 0 Å². The fourth-order valence-electron chi connectivity index (χ4n) is 4.05. The normalized spacial score (nSPS) is 20.1. The number of anilines is 1. The Morgan fingerprint density at radius 2 is 1.97 bits per heavy atom. The maximum absolute atomic E-state index is 13.3. The summed E-state index contributed by atoms with van der Waals surface area (Å²) in [5, 5.41) is 6.43. The van der Waals surface area contributed by atoms with Gasteiger partial charge in [-0.2, -0.15) is 0 Å². The zero-order valence-corrected chi connectivity index (χ0v) is 15.9. The van der Waals surface area contributed by atoms with Crippen LogP contribution in [-0.2, 0) is 15.1 Å². The molecule has 1 aromatic heterocycles. The Hall–Kier alpha value is -3.94. The number of urea groups is 1. The molecular weight excluding hydrogens is 384 g/mol. The zero-order valence-electron chi connectivity index (χ0n) is 15.9. The van der Waals surface area contributed by atoms with Crippen LogP contribution >= 0.6 is 0 Å². The molecule has 3 heterocycles. The van der Waals surface area contributed by atoms with Gasteiger partial charge < -0.3 is 15.4 Å². The van der Waals surface area contributed by atoms with Gasteiger partial charge in [-0.15, -0.1) is 0 Å². The Morgan fingerprint density at radius 1 is 1.13 bits per heavy atom. The molecule has 8 heteroatoms. The molecule has 1 atom stereocenters. The van der Waals surface area contributed by atoms with Crippen molar-refractivity contribution < 1.29 is 19.1 Å². The van der Waals surface area contributed by atoms with Crippen LogP contribution in [0.5, 0.6) is 5.75 Å². The molecule has 0 aliphatic carbocycles. The van der Waals surface area contributed by atoms with Crippen LogP contribution in [0.4, 0.5) is 10.5 Å². The number of nitrogens with one attached hydrogen (secondary N) is 2. The third-order valence-electron chi connectivity index (χ3n) is 5.47. The van der Waals surface area contributed by atoms with Gasteiger partial charge in [0.05, 0.1) is 17.8 Å². The topological polar surface area (TPSA) is 101 Å². The van der Waals surface area contributed by atoms with Crippen molar-refractivity contribution in [1.82, 2.24) is 15.2 Å². The molecule has 8 nitrogen and oxygen atoms in total. The van der Waals surface area contributed by atoms with Crippen molar-refractivity contribution in [3.05, 3.63) is 66.4 Å². The Labute approximate surface area is 171 Å². The summed E-state index contributed by atoms with van der Waals surface area (Å²) < 4.78 is 5.62. The average Bonchev–Trinajstić information content (AvgIpc) is 2.99. The number of nitrogens with zero attached hydrogens (tertiary/aromatic N) is 2. The Balaban J connectivity index is 1.39. The number of carbonyl (C=O) groups is 3. The summed E-state index contributed by atoms with van der Waals surface area (Å²) >= 11 is 0. The van der Waals surface area contributed by atoms with Crippen LogP contribution in [0.15, 0.2) is 60.8 Å². The second-order valence-electron chi connectivity index (χ2n) is 7.25. The Morgan fingerprint density at radius 3 is 2.87 bits per heavy atom. The number of hydrogen-bond donors (Lipinski definition) is 2. The number of pyridine rings is 1. The fourth-order valence-corrected chi connectivity index (χ4v) is 4.05. The number of ether oxygens (including phenoxy) is 1. The first-order chi connectivity index (χ1) is 14.6. The summed E-state index contributed by atoms with van der Waals surface area (Å²) in [6.07, 6.45) is 1.95. The first-order valence-electron chi connectivity index (χ1n) is 9.58. The predicted molar refractivity (Wildman–Crippen MR) is 109 cm³/mol. The number of fused-ring (bicyclic) bond motifs is 3. The van der Waals surface area contributed by atoms with Crippen LogP contribution in [0.3, 0.4) is 0 Å². The number of imide groups is 1. The highest BCUT2D eigenvalue weighted by Gasteiger charge is 2.55. The van der Waals surface area contributed by atoms with Crippen LogP contribution < -0.4 is 15.4 Å². The summed E-state index contributed by atoms with van der Waals surface area (Å²) in [4.78, 5) is 43.8. The van der Waals surface area contributed by atoms with E-state index in [0.717, 1.165) is 10.3 Å². The SMILES string of the molecule is O=C(CN1C(=O)NC2(CCOc3ccccc32)C1=O)Nc1cccc2cccnc12. The smallest absolute Gasteiger partial charge is 0.325 e. The molecule has 0 radical (unpaired) electrons. The summed E-state index contributed by atoms with van der Waals surface area (Å²) in [6.45, 7) is -0.0938. The van der Waals surface area contributed by atoms with Gasteiger partial charge in [0, 0.05) is 23.6 Å². The molecule has 1 unspecified atom stereocenters. The van der Waals surface area contributed by atoms with Crippen molar-refractivity contribution in [3.63, 3.8) is 0 Å². The summed E-state index contributed by atoms with van der Waals surface area (Å²) in [5.41, 5.74) is 0.570. The molecule has 2 aliphatic heterocycles. The maximum atomic E-state index is 13.3. The lowest BCUT2D eigenvalue weighted by molar-refractivity contribution is -0.135. The minimum Gasteiger partial charge on any atom is -0.493 e. The van der Waals surface area contributed by atoms with Gasteiger partial charge in [-0.05, 0) is 18.2 Å². The standard InChI is InChI=1S/C22H18N4O4/c27-18(24-16-8-3-5-14-6-4-11-23-19(14)16)13-26-20(28)22(25-21(26)29)10-12-30-17-9-2-1-7-15(17)22/h1-9,11H,10,12-13H2,(H,24,27)(H,25,29). The lowest BCUT2D eigenvalue weighted by atomic mass is 9.84. The van der Waals surface area contributed by atoms with E-state index in [1.54, 1.807) is 36.5 Å². The second kappa shape index (κ2) is 6.84. The minimum atomic E-state index is -1.20. The highest BCUT2D eigenvalue weighted by atomic mass is 16.5. The number of aromatic nitrogens is 1. The Bertz CT molecular complexity index is 1190. The molecule has 1 spiro atoms. The quantitative estimate of drug-likeness (QED) is 0.656. The summed E-state index contributed by atoms with van der Waals surface area (Å²) in [5.74, 6) is -0.367. The van der Waals surface area contributed by atoms with E-state index in [-0.39, 0.29) is 0 Å². The van der Waals surface area contributed by atoms with E-state index in [2.05, 4.69) is 15.6 Å². The predicted octanol–water partition coefficient (Wildman–Crippen LogP) is 2.40. The van der Waals surface area contributed by atoms with Crippen LogP contribution in [-0.4, -0.2) is 40.9 Å². The number of hydrogen-bond acceptors (Lipinski definition) is 5. The third kappa shape index (κ3) is 2.76. The minimum absolute atomic E-state index is 0.296. The highest BCUT2D eigenvalue weighted by Crippen LogP contribution is 2.40. The van der Waals surface area contributed by atoms with Crippen LogP contribution in [0.1, 0.15) is 12.0 Å². The molecular formula is C22H18N4O4. The molecule has 2 N–H and O–H groups in total. The average molecular weight is 402 g/mol. The first kappa shape index (κ1) is 18.1. The zero-order chi connectivity index (χ0) is 20.7. The van der Waals surface area contributed by atoms with E-state index in [9.17, 15) is 14.4 Å². The number of rotatable bonds is 3. The number of carbonyl (C=O) groups excluding carboxylic acids is 3. The second-order valence-corrected chi connectivity index (χ2v) is 7.25. The molecule has 0 bridgehead atoms. The summed E-state index contributed by atoms with van der Waals surface area (Å²) in [6, 6.07) is 15.7. The highest BCUT2D eigenvalue weighted by molar-refractivity contribution is 6.11. The molecule has 2 aromatic carbocycles. The molecule has 1 fully saturated rings. The van der Waals surface area contributed by atoms with Crippen LogP contribution in [0, 0.1) is 0 Å². The van der Waals surface area contributed by atoms with E-state index in [1.807, 2.05) is 24.3 Å². The van der Waals surface area contributed by atoms with Crippen molar-refractivity contribution in [2.24, 2.45) is 0 Å². The van der Waals surface area contributed by atoms with Gasteiger partial charge >= 0.3 is 6.03 Å². The van der Waals surface area contributed by atoms with Crippen molar-refractivity contribution in [2.45, 2.75) is 12.0 Å². The first-order valence-corrected chi connectivity index (χ1v) is 9.58. The van der Waals surface area contributed by atoms with Gasteiger partial charge in [-0.1, -0.05) is 36.4 Å². The molecule has 150 valence electrons. The molecule has 5 rings (SSSR count). The van der Waals surface area contributed by atoms with Crippen LogP contribution in [0.25, 0.3) is 10.9 Å². The molecule has 4 amide bonds. The lowest BCUT2D eigenvalue weighted by Gasteiger charge is -2.33. The van der Waals surface area contributed by atoms with Crippen molar-refractivity contribution in [2.75, 3.05) is 18.5 Å². The van der Waals surface area contributed by atoms with E-state index in [0.29, 0.717) is 35.5 Å². The van der Waals surface area contributed by atoms with Gasteiger partial charge in [0.1, 0.15) is 12.3 Å². The summed E-state index contributed by atoms with van der Waals surface area (Å²) in [7, 11) is 0. The van der Waals surface area contributed by atoms with E-state index >= 15 is 0 Å². The van der Waals surface area contributed by atoms with Gasteiger partial charge in [0.25, 0.3) is 5.91 Å². The van der Waals surface area contributed by atoms with Crippen molar-refractivity contribution >= 4 is 34.4 Å². The van der Waals surface area contributed by atoms with E-state index < -0.39 is 29.9 Å². The van der Waals surface area contributed by atoms with E-state index in [4.69, 9.17) is 4.74 Å². The Kier molecular flexibility index (Phi) is 4.13. The van der Waals surface area contributed by atoms with Gasteiger partial charge in [0.15, 0.2) is 5.54 Å². The number of para-hydroxylation sites is 2. The molecule has 3 aromatic rings. The van der Waals surface area contributed by atoms with Gasteiger partial charge in [0.2, 0.25) is 5.91 Å². The largest absolute Gasteiger partial charge is 0.493 e. The molecule has 30 heavy (non-hydrogen) atoms.